The van der Waals surface area contributed by atoms with Gasteiger partial charge in [0.2, 0.25) is 0 Å². The second kappa shape index (κ2) is 71.5. The van der Waals surface area contributed by atoms with Gasteiger partial charge < -0.3 is 27.9 Å². The number of likely N-dealkylation sites (N-methyl/N-ethyl adjacent to an activating group) is 1. The first-order chi connectivity index (χ1) is 44.5. The summed E-state index contributed by atoms with van der Waals surface area (Å²) in [5.41, 5.74) is 0. The predicted molar refractivity (Wildman–Crippen MR) is 393 cm³/mol. The third-order valence-electron chi connectivity index (χ3n) is 17.2. The molecule has 0 rings (SSSR count). The molecule has 0 fully saturated rings. The average molecular weight is 1300 g/mol. The second-order valence-electron chi connectivity index (χ2n) is 27.4. The predicted octanol–water partition coefficient (Wildman–Crippen LogP) is 25.0. The van der Waals surface area contributed by atoms with E-state index in [2.05, 4.69) is 98.9 Å². The van der Waals surface area contributed by atoms with Gasteiger partial charge in [-0.2, -0.15) is 0 Å². The lowest BCUT2D eigenvalue weighted by molar-refractivity contribution is -0.870. The Labute approximate surface area is 564 Å². The van der Waals surface area contributed by atoms with Gasteiger partial charge >= 0.3 is 11.9 Å². The van der Waals surface area contributed by atoms with E-state index >= 15 is 0 Å². The molecule has 91 heavy (non-hydrogen) atoms. The molecule has 10 heteroatoms. The summed E-state index contributed by atoms with van der Waals surface area (Å²) in [5, 5.41) is 0. The first kappa shape index (κ1) is 88.2. The van der Waals surface area contributed by atoms with Crippen molar-refractivity contribution in [2.75, 3.05) is 47.5 Å². The van der Waals surface area contributed by atoms with Gasteiger partial charge in [0.25, 0.3) is 7.82 Å². The van der Waals surface area contributed by atoms with E-state index < -0.39 is 26.5 Å². The molecule has 0 saturated carbocycles. The highest BCUT2D eigenvalue weighted by atomic mass is 31.2. The van der Waals surface area contributed by atoms with Crippen molar-refractivity contribution in [2.45, 2.75) is 373 Å². The number of unbranched alkanes of at least 4 members (excludes halogenated alkanes) is 44. The largest absolute Gasteiger partial charge is 0.756 e. The summed E-state index contributed by atoms with van der Waals surface area (Å²) in [6, 6.07) is 0. The van der Waals surface area contributed by atoms with Crippen molar-refractivity contribution in [1.29, 1.82) is 0 Å². The summed E-state index contributed by atoms with van der Waals surface area (Å²) in [7, 11) is 1.18. The monoisotopic (exact) mass is 1290 g/mol. The van der Waals surface area contributed by atoms with Crippen molar-refractivity contribution in [3.63, 3.8) is 0 Å². The number of esters is 2. The molecule has 0 N–H and O–H groups in total. The molecule has 0 saturated heterocycles. The highest BCUT2D eigenvalue weighted by molar-refractivity contribution is 7.45. The second-order valence-corrected chi connectivity index (χ2v) is 28.8. The molecule has 0 aliphatic heterocycles. The molecule has 0 heterocycles. The standard InChI is InChI=1S/C81H148NO8P/c1-6-8-10-12-14-16-18-20-22-24-26-28-30-32-34-36-38-40-41-42-44-46-48-50-52-54-56-58-60-62-64-66-68-70-72-74-81(84)90-79(78-89-91(85,86)88-76-75-82(3,4)5)77-87-80(83)73-71-69-67-65-63-61-59-57-55-53-51-49-47-45-43-39-37-35-33-31-29-27-25-23-21-19-17-15-13-11-9-7-2/h8,10,14,16,20,22,26,28,32,34,38,40,42,44,79H,6-7,9,11-13,15,17-19,21,23-25,27,29-31,33,35-37,39,41,43,45-78H2,1-5H3/b10-8-,16-14-,22-20-,28-26-,34-32-,40-38-,44-42-. The number of hydrogen-bond acceptors (Lipinski definition) is 8. The lowest BCUT2D eigenvalue weighted by atomic mass is 10.0. The Kier molecular flexibility index (Phi) is 69.3. The van der Waals surface area contributed by atoms with Crippen LogP contribution < -0.4 is 4.89 Å². The molecule has 0 bridgehead atoms. The van der Waals surface area contributed by atoms with Crippen LogP contribution in [0.1, 0.15) is 367 Å². The van der Waals surface area contributed by atoms with Crippen LogP contribution in [-0.4, -0.2) is 70.0 Å². The van der Waals surface area contributed by atoms with Gasteiger partial charge in [-0.25, -0.2) is 0 Å². The summed E-state index contributed by atoms with van der Waals surface area (Å²) >= 11 is 0. The normalized spacial score (nSPS) is 13.5. The number of phosphoric acid groups is 1. The SMILES string of the molecule is CC/C=C\C/C=C\C/C=C\C/C=C\C/C=C\C/C=C\C/C=C\CCCCCCCCCCCCCCCC(=O)OC(COC(=O)CCCCCCCCCCCCCCCCCCCCCCCCCCCCCCCCCC)COP(=O)([O-])OCC[N+](C)(C)C. The van der Waals surface area contributed by atoms with Crippen molar-refractivity contribution in [2.24, 2.45) is 0 Å². The number of carbonyl (C=O) groups excluding carboxylic acids is 2. The fourth-order valence-electron chi connectivity index (χ4n) is 11.3. The minimum absolute atomic E-state index is 0.0315. The van der Waals surface area contributed by atoms with Gasteiger partial charge in [0.15, 0.2) is 6.10 Å². The van der Waals surface area contributed by atoms with E-state index in [0.717, 1.165) is 83.5 Å². The van der Waals surface area contributed by atoms with E-state index in [-0.39, 0.29) is 32.0 Å². The summed E-state index contributed by atoms with van der Waals surface area (Å²) in [5.74, 6) is -0.819. The van der Waals surface area contributed by atoms with Crippen LogP contribution in [0, 0.1) is 0 Å². The molecular formula is C81H148NO8P. The summed E-state index contributed by atoms with van der Waals surface area (Å²) in [6.07, 6.45) is 98.4. The van der Waals surface area contributed by atoms with Gasteiger partial charge in [-0.3, -0.25) is 14.2 Å². The zero-order chi connectivity index (χ0) is 66.2. The van der Waals surface area contributed by atoms with Crippen molar-refractivity contribution in [3.8, 4) is 0 Å². The Bertz CT molecular complexity index is 1810. The van der Waals surface area contributed by atoms with E-state index in [9.17, 15) is 19.0 Å². The molecule has 0 aromatic rings. The maximum absolute atomic E-state index is 12.9. The van der Waals surface area contributed by atoms with E-state index in [1.54, 1.807) is 0 Å². The number of phosphoric ester groups is 1. The molecule has 2 atom stereocenters. The molecule has 0 aromatic carbocycles. The molecule has 0 aromatic heterocycles. The summed E-state index contributed by atoms with van der Waals surface area (Å²) < 4.78 is 34.4. The molecule has 0 radical (unpaired) electrons. The molecule has 0 aliphatic carbocycles. The number of rotatable bonds is 72. The zero-order valence-electron chi connectivity index (χ0n) is 60.5. The van der Waals surface area contributed by atoms with Crippen molar-refractivity contribution in [3.05, 3.63) is 85.1 Å². The van der Waals surface area contributed by atoms with Crippen LogP contribution >= 0.6 is 7.82 Å². The van der Waals surface area contributed by atoms with Crippen LogP contribution in [0.25, 0.3) is 0 Å². The van der Waals surface area contributed by atoms with Crippen LogP contribution in [0.5, 0.6) is 0 Å². The maximum Gasteiger partial charge on any atom is 0.306 e. The van der Waals surface area contributed by atoms with Gasteiger partial charge in [-0.05, 0) is 70.6 Å². The average Bonchev–Trinajstić information content (AvgIpc) is 3.73. The number of carbonyl (C=O) groups is 2. The van der Waals surface area contributed by atoms with Crippen LogP contribution in [-0.2, 0) is 32.7 Å². The number of hydrogen-bond donors (Lipinski definition) is 0. The third kappa shape index (κ3) is 76.1. The van der Waals surface area contributed by atoms with E-state index in [4.69, 9.17) is 18.5 Å². The lowest BCUT2D eigenvalue weighted by Crippen LogP contribution is -2.37. The quantitative estimate of drug-likeness (QED) is 0.0195. The molecule has 0 amide bonds. The molecule has 0 spiro atoms. The minimum Gasteiger partial charge on any atom is -0.756 e. The summed E-state index contributed by atoms with van der Waals surface area (Å²) in [6.45, 7) is 4.18. The highest BCUT2D eigenvalue weighted by Gasteiger charge is 2.22. The first-order valence-corrected chi connectivity index (χ1v) is 40.3. The van der Waals surface area contributed by atoms with Gasteiger partial charge in [0, 0.05) is 12.8 Å². The fourth-order valence-corrected chi connectivity index (χ4v) is 12.0. The van der Waals surface area contributed by atoms with Crippen LogP contribution in [0.3, 0.4) is 0 Å². The van der Waals surface area contributed by atoms with Crippen LogP contribution in [0.4, 0.5) is 0 Å². The Hall–Kier alpha value is -2.81. The lowest BCUT2D eigenvalue weighted by Gasteiger charge is -2.28. The molecular weight excluding hydrogens is 1150 g/mol. The van der Waals surface area contributed by atoms with Gasteiger partial charge in [0.1, 0.15) is 19.8 Å². The van der Waals surface area contributed by atoms with E-state index in [1.165, 1.54) is 250 Å². The number of allylic oxidation sites excluding steroid dienone is 14. The van der Waals surface area contributed by atoms with Crippen LogP contribution in [0.15, 0.2) is 85.1 Å². The molecule has 9 nitrogen and oxygen atoms in total. The highest BCUT2D eigenvalue weighted by Crippen LogP contribution is 2.38. The van der Waals surface area contributed by atoms with Gasteiger partial charge in [0.05, 0.1) is 27.7 Å². The Morgan fingerprint density at radius 2 is 0.626 bits per heavy atom. The van der Waals surface area contributed by atoms with Gasteiger partial charge in [-0.15, -0.1) is 0 Å². The Balaban J connectivity index is 3.98. The van der Waals surface area contributed by atoms with E-state index in [1.807, 2.05) is 21.1 Å². The third-order valence-corrected chi connectivity index (χ3v) is 18.1. The number of ether oxygens (including phenoxy) is 2. The Morgan fingerprint density at radius 1 is 0.352 bits per heavy atom. The van der Waals surface area contributed by atoms with Crippen LogP contribution in [0.2, 0.25) is 0 Å². The maximum atomic E-state index is 12.9. The van der Waals surface area contributed by atoms with Crippen molar-refractivity contribution in [1.82, 2.24) is 0 Å². The smallest absolute Gasteiger partial charge is 0.306 e. The zero-order valence-corrected chi connectivity index (χ0v) is 61.4. The van der Waals surface area contributed by atoms with E-state index in [0.29, 0.717) is 17.4 Å². The minimum atomic E-state index is -4.65. The molecule has 2 unspecified atom stereocenters. The Morgan fingerprint density at radius 3 is 0.934 bits per heavy atom. The number of quaternary nitrogens is 1. The fraction of sp³-hybridized carbons (Fsp3) is 0.802. The van der Waals surface area contributed by atoms with Gasteiger partial charge in [-0.1, -0.05) is 369 Å². The van der Waals surface area contributed by atoms with Crippen molar-refractivity contribution >= 4 is 19.8 Å². The molecule has 530 valence electrons. The number of nitrogens with zero attached hydrogens (tertiary/aromatic N) is 1. The summed E-state index contributed by atoms with van der Waals surface area (Å²) in [4.78, 5) is 38.2. The first-order valence-electron chi connectivity index (χ1n) is 38.8. The van der Waals surface area contributed by atoms with Crippen molar-refractivity contribution < 1.29 is 42.1 Å². The topological polar surface area (TPSA) is 111 Å². The molecule has 0 aliphatic rings.